The van der Waals surface area contributed by atoms with Gasteiger partial charge in [0.2, 0.25) is 17.7 Å². The van der Waals surface area contributed by atoms with Crippen LogP contribution in [0.5, 0.6) is 5.75 Å². The lowest BCUT2D eigenvalue weighted by atomic mass is 9.85. The number of halogens is 3. The molecule has 17 nitrogen and oxygen atoms in total. The number of anilines is 2. The predicted octanol–water partition coefficient (Wildman–Crippen LogP) is 11.0. The van der Waals surface area contributed by atoms with Crippen molar-refractivity contribution in [3.8, 4) is 16.2 Å². The van der Waals surface area contributed by atoms with Crippen LogP contribution < -0.4 is 26.4 Å². The lowest BCUT2D eigenvalue weighted by molar-refractivity contribution is -0.144. The molecule has 0 saturated carbocycles. The number of nitrogens with zero attached hydrogens (tertiary/aromatic N) is 6. The molecule has 0 aliphatic carbocycles. The molecule has 0 bridgehead atoms. The number of rotatable bonds is 25. The van der Waals surface area contributed by atoms with Gasteiger partial charge in [0, 0.05) is 79.0 Å². The first kappa shape index (κ1) is 63.3. The number of thiazole rings is 1. The van der Waals surface area contributed by atoms with E-state index in [1.165, 1.54) is 36.3 Å². The molecule has 2 saturated heterocycles. The number of unbranched alkanes of at least 4 members (excludes halogenated alkanes) is 9. The van der Waals surface area contributed by atoms with Crippen molar-refractivity contribution in [2.75, 3.05) is 37.2 Å². The first-order valence-electron chi connectivity index (χ1n) is 28.5. The second kappa shape index (κ2) is 29.3. The average Bonchev–Trinajstić information content (AvgIpc) is 4.18. The van der Waals surface area contributed by atoms with Gasteiger partial charge in [-0.2, -0.15) is 0 Å². The van der Waals surface area contributed by atoms with Gasteiger partial charge in [-0.3, -0.25) is 28.9 Å². The summed E-state index contributed by atoms with van der Waals surface area (Å²) in [4.78, 5) is 78.9. The highest BCUT2D eigenvalue weighted by Crippen LogP contribution is 2.36. The molecular formula is C61H79Cl2FN10O7S. The molecule has 21 heteroatoms. The van der Waals surface area contributed by atoms with Crippen LogP contribution in [-0.4, -0.2) is 121 Å². The zero-order chi connectivity index (χ0) is 59.3. The number of carbonyl (C=O) groups excluding carboxylic acids is 5. The van der Waals surface area contributed by atoms with Crippen molar-refractivity contribution in [1.82, 2.24) is 40.5 Å². The van der Waals surface area contributed by atoms with Gasteiger partial charge >= 0.3 is 0 Å². The van der Waals surface area contributed by atoms with Gasteiger partial charge in [0.05, 0.1) is 27.2 Å². The molecule has 5 aromatic rings. The highest BCUT2D eigenvalue weighted by Gasteiger charge is 2.44. The summed E-state index contributed by atoms with van der Waals surface area (Å²) in [7, 11) is 0. The van der Waals surface area contributed by atoms with Gasteiger partial charge in [-0.05, 0) is 100 Å². The third-order valence-corrected chi connectivity index (χ3v) is 17.1. The largest absolute Gasteiger partial charge is 0.482 e. The van der Waals surface area contributed by atoms with E-state index in [0.29, 0.717) is 30.8 Å². The molecule has 3 aromatic carbocycles. The summed E-state index contributed by atoms with van der Waals surface area (Å²) >= 11 is 14.0. The molecule has 4 heterocycles. The van der Waals surface area contributed by atoms with Crippen molar-refractivity contribution in [2.24, 2.45) is 5.41 Å². The summed E-state index contributed by atoms with van der Waals surface area (Å²) in [6.07, 6.45) is 9.46. The van der Waals surface area contributed by atoms with E-state index >= 15 is 0 Å². The van der Waals surface area contributed by atoms with Crippen LogP contribution in [0.25, 0.3) is 10.4 Å². The maximum Gasteiger partial charge on any atom is 0.276 e. The van der Waals surface area contributed by atoms with Gasteiger partial charge in [0.1, 0.15) is 24.0 Å². The van der Waals surface area contributed by atoms with Gasteiger partial charge in [-0.15, -0.1) is 21.5 Å². The molecule has 1 unspecified atom stereocenters. The molecule has 82 heavy (non-hydrogen) atoms. The zero-order valence-electron chi connectivity index (χ0n) is 48.1. The lowest BCUT2D eigenvalue weighted by Gasteiger charge is -2.44. The topological polar surface area (TPSA) is 225 Å². The van der Waals surface area contributed by atoms with E-state index in [4.69, 9.17) is 33.7 Å². The summed E-state index contributed by atoms with van der Waals surface area (Å²) in [6, 6.07) is 17.2. The molecular weight excluding hydrogens is 1110 g/mol. The quantitative estimate of drug-likeness (QED) is 0.0272. The molecule has 2 aliphatic rings. The molecule has 6 N–H and O–H groups in total. The van der Waals surface area contributed by atoms with E-state index in [1.807, 2.05) is 62.4 Å². The number of nitrogen functional groups attached to an aromatic ring is 1. The number of aromatic nitrogens is 3. The number of likely N-dealkylation sites (tertiary alicyclic amines) is 1. The third kappa shape index (κ3) is 17.0. The maximum absolute atomic E-state index is 14.2. The summed E-state index contributed by atoms with van der Waals surface area (Å²) in [5.74, 6) is -2.26. The second-order valence-corrected chi connectivity index (χ2v) is 24.5. The van der Waals surface area contributed by atoms with E-state index in [9.17, 15) is 33.5 Å². The second-order valence-electron chi connectivity index (χ2n) is 22.9. The van der Waals surface area contributed by atoms with E-state index in [2.05, 4.69) is 49.9 Å². The summed E-state index contributed by atoms with van der Waals surface area (Å²) < 4.78 is 20.1. The van der Waals surface area contributed by atoms with Crippen molar-refractivity contribution in [3.63, 3.8) is 0 Å². The molecule has 6 atom stereocenters. The van der Waals surface area contributed by atoms with Crippen LogP contribution in [-0.2, 0) is 20.9 Å². The Balaban J connectivity index is 0.740. The Labute approximate surface area is 495 Å². The predicted molar refractivity (Wildman–Crippen MR) is 320 cm³/mol. The molecule has 2 aliphatic heterocycles. The number of ether oxygens (including phenoxy) is 1. The molecule has 2 fully saturated rings. The van der Waals surface area contributed by atoms with E-state index in [-0.39, 0.29) is 88.1 Å². The van der Waals surface area contributed by atoms with Crippen LogP contribution in [0, 0.1) is 18.2 Å². The van der Waals surface area contributed by atoms with Crippen molar-refractivity contribution in [2.45, 2.75) is 168 Å². The van der Waals surface area contributed by atoms with Gasteiger partial charge in [0.25, 0.3) is 11.8 Å². The minimum atomic E-state index is -0.853. The smallest absolute Gasteiger partial charge is 0.276 e. The number of aliphatic hydroxyl groups excluding tert-OH is 1. The van der Waals surface area contributed by atoms with Gasteiger partial charge in [-0.25, -0.2) is 9.37 Å². The first-order valence-corrected chi connectivity index (χ1v) is 30.2. The highest BCUT2D eigenvalue weighted by atomic mass is 35.5. The Bertz CT molecular complexity index is 2990. The van der Waals surface area contributed by atoms with Gasteiger partial charge in [0.15, 0.2) is 17.3 Å². The number of aliphatic hydroxyl groups is 1. The van der Waals surface area contributed by atoms with E-state index in [1.54, 1.807) is 42.5 Å². The number of benzene rings is 3. The minimum absolute atomic E-state index is 0.0289. The fourth-order valence-corrected chi connectivity index (χ4v) is 12.3. The Morgan fingerprint density at radius 2 is 1.50 bits per heavy atom. The molecule has 7 rings (SSSR count). The number of nitrogens with two attached hydrogens (primary N) is 1. The van der Waals surface area contributed by atoms with Crippen LogP contribution in [0.15, 0.2) is 72.2 Å². The Kier molecular flexibility index (Phi) is 22.6. The van der Waals surface area contributed by atoms with Crippen LogP contribution >= 0.6 is 34.5 Å². The minimum Gasteiger partial charge on any atom is -0.482 e. The number of aryl methyl sites for hydroxylation is 1. The van der Waals surface area contributed by atoms with Crippen molar-refractivity contribution in [3.05, 3.63) is 116 Å². The number of hydrogen-bond donors (Lipinski definition) is 5. The summed E-state index contributed by atoms with van der Waals surface area (Å²) in [5, 5.41) is 27.1. The van der Waals surface area contributed by atoms with Crippen LogP contribution in [0.1, 0.15) is 162 Å². The molecule has 2 aromatic heterocycles. The van der Waals surface area contributed by atoms with Crippen LogP contribution in [0.4, 0.5) is 15.9 Å². The van der Waals surface area contributed by atoms with Crippen molar-refractivity contribution < 1.29 is 38.2 Å². The molecule has 0 radical (unpaired) electrons. The summed E-state index contributed by atoms with van der Waals surface area (Å²) in [5.41, 5.74) is 11.2. The maximum atomic E-state index is 14.2. The first-order chi connectivity index (χ1) is 39.1. The number of β-amino-alcohol motifs (C(OH)–C–C–N with tert-alkyl or cyclic N) is 1. The fourth-order valence-electron chi connectivity index (χ4n) is 10.8. The van der Waals surface area contributed by atoms with Crippen LogP contribution in [0.2, 0.25) is 10.0 Å². The molecule has 0 spiro atoms. The number of carbonyl (C=O) groups is 5. The summed E-state index contributed by atoms with van der Waals surface area (Å²) in [6.45, 7) is 16.1. The standard InChI is InChI=1S/C61H79Cl2FN10O7S/c1-37-33-72(59(79)43-23-25-44(26-24-43)68-57(77)48-31-50(56(65)71-70-48)81-40(4)52-46(62)27-28-47(64)53(52)63)34-38(2)73(37)29-17-15-13-11-9-8-10-12-14-16-18-51(76)69-55(61(5,6)7)60(80)74-35-45(75)30-49(74)58(78)66-32-41-19-21-42(22-20-41)54-39(3)67-36-82-54/h19-28,31,36-38,40,45,49,55,75H,8-18,29-30,32-35H2,1-7H3,(H2,65,71)(H,66,78)(H,68,77)(H,69,76)/t37-,38+,40-,45-,49+,55?/m1/s1. The van der Waals surface area contributed by atoms with Crippen molar-refractivity contribution in [1.29, 1.82) is 0 Å². The zero-order valence-corrected chi connectivity index (χ0v) is 50.4. The van der Waals surface area contributed by atoms with E-state index < -0.39 is 41.4 Å². The highest BCUT2D eigenvalue weighted by molar-refractivity contribution is 7.13. The van der Waals surface area contributed by atoms with Gasteiger partial charge in [-0.1, -0.05) is 120 Å². The van der Waals surface area contributed by atoms with E-state index in [0.717, 1.165) is 79.3 Å². The molecule has 442 valence electrons. The van der Waals surface area contributed by atoms with Crippen LogP contribution in [0.3, 0.4) is 0 Å². The number of nitrogens with one attached hydrogen (secondary N) is 3. The Morgan fingerprint density at radius 3 is 2.12 bits per heavy atom. The fraction of sp³-hybridized carbons (Fsp3) is 0.508. The van der Waals surface area contributed by atoms with Crippen molar-refractivity contribution >= 4 is 75.6 Å². The Hall–Kier alpha value is -6.25. The average molecular weight is 1190 g/mol. The molecule has 5 amide bonds. The lowest BCUT2D eigenvalue weighted by Crippen LogP contribution is -2.58. The van der Waals surface area contributed by atoms with Gasteiger partial charge < -0.3 is 41.3 Å². The SMILES string of the molecule is Cc1ncsc1-c1ccc(CNC(=O)[C@@H]2C[C@@H](O)CN2C(=O)C(NC(=O)CCCCCCCCCCCCN2[C@H](C)CN(C(=O)c3ccc(NC(=O)c4cc(O[C@H](C)c5c(Cl)ccc(F)c5Cl)c(N)nn4)cc3)C[C@@H]2C)C(C)(C)C)cc1. The normalized spacial score (nSPS) is 18.2. The number of amides is 5. The monoisotopic (exact) mass is 1180 g/mol. The third-order valence-electron chi connectivity index (χ3n) is 15.4. The number of piperazine rings is 1. The Morgan fingerprint density at radius 1 is 0.866 bits per heavy atom. The number of hydrogen-bond acceptors (Lipinski definition) is 13.